The predicted molar refractivity (Wildman–Crippen MR) is 119 cm³/mol. The van der Waals surface area contributed by atoms with E-state index in [2.05, 4.69) is 75.2 Å². The second kappa shape index (κ2) is 8.27. The molecule has 4 nitrogen and oxygen atoms in total. The van der Waals surface area contributed by atoms with Gasteiger partial charge in [-0.2, -0.15) is 0 Å². The summed E-state index contributed by atoms with van der Waals surface area (Å²) in [5.41, 5.74) is 1.91. The Morgan fingerprint density at radius 2 is 1.50 bits per heavy atom. The van der Waals surface area contributed by atoms with E-state index in [0.717, 1.165) is 5.56 Å². The van der Waals surface area contributed by atoms with Crippen LogP contribution in [-0.2, 0) is 4.74 Å². The SMILES string of the molecule is CC(C)[C@@H]1[C@@H](O)[C@H](O)C=C[C@]1(C)C1O[C@H](c2ccccc2)[C@@H](c2ccccc2)N1C. The molecule has 4 rings (SSSR count). The fourth-order valence-corrected chi connectivity index (χ4v) is 5.69. The fourth-order valence-electron chi connectivity index (χ4n) is 5.69. The second-order valence-electron chi connectivity index (χ2n) is 9.32. The molecular formula is C26H33NO3. The molecule has 0 bridgehead atoms. The molecule has 1 saturated heterocycles. The van der Waals surface area contributed by atoms with Gasteiger partial charge in [0.15, 0.2) is 0 Å². The molecule has 1 fully saturated rings. The van der Waals surface area contributed by atoms with Gasteiger partial charge in [-0.3, -0.25) is 4.90 Å². The first-order valence-corrected chi connectivity index (χ1v) is 10.9. The molecule has 30 heavy (non-hydrogen) atoms. The number of hydrogen-bond donors (Lipinski definition) is 2. The number of aliphatic hydroxyl groups is 2. The molecule has 0 radical (unpaired) electrons. The van der Waals surface area contributed by atoms with Crippen molar-refractivity contribution in [1.82, 2.24) is 4.90 Å². The fraction of sp³-hybridized carbons (Fsp3) is 0.462. The van der Waals surface area contributed by atoms with E-state index in [0.29, 0.717) is 0 Å². The highest BCUT2D eigenvalue weighted by Gasteiger charge is 2.55. The van der Waals surface area contributed by atoms with Crippen molar-refractivity contribution in [1.29, 1.82) is 0 Å². The van der Waals surface area contributed by atoms with Gasteiger partial charge in [-0.25, -0.2) is 0 Å². The summed E-state index contributed by atoms with van der Waals surface area (Å²) in [4.78, 5) is 2.30. The molecule has 1 aliphatic carbocycles. The lowest BCUT2D eigenvalue weighted by Gasteiger charge is -2.49. The zero-order valence-electron chi connectivity index (χ0n) is 18.2. The molecule has 160 valence electrons. The summed E-state index contributed by atoms with van der Waals surface area (Å²) in [7, 11) is 2.11. The first-order chi connectivity index (χ1) is 14.3. The van der Waals surface area contributed by atoms with Crippen LogP contribution >= 0.6 is 0 Å². The Balaban J connectivity index is 1.78. The van der Waals surface area contributed by atoms with Crippen molar-refractivity contribution in [2.24, 2.45) is 17.3 Å². The molecule has 4 heteroatoms. The van der Waals surface area contributed by atoms with Crippen molar-refractivity contribution in [3.63, 3.8) is 0 Å². The van der Waals surface area contributed by atoms with E-state index in [-0.39, 0.29) is 30.2 Å². The molecule has 2 N–H and O–H groups in total. The Morgan fingerprint density at radius 1 is 0.933 bits per heavy atom. The molecule has 7 atom stereocenters. The van der Waals surface area contributed by atoms with Crippen LogP contribution in [0.5, 0.6) is 0 Å². The van der Waals surface area contributed by atoms with Crippen molar-refractivity contribution in [2.75, 3.05) is 7.05 Å². The summed E-state index contributed by atoms with van der Waals surface area (Å²) >= 11 is 0. The van der Waals surface area contributed by atoms with E-state index < -0.39 is 17.6 Å². The molecule has 0 aromatic heterocycles. The number of nitrogens with zero attached hydrogens (tertiary/aromatic N) is 1. The zero-order valence-corrected chi connectivity index (χ0v) is 18.2. The summed E-state index contributed by atoms with van der Waals surface area (Å²) in [6.07, 6.45) is 1.78. The molecule has 1 heterocycles. The van der Waals surface area contributed by atoms with E-state index in [1.807, 2.05) is 24.3 Å². The van der Waals surface area contributed by atoms with E-state index in [9.17, 15) is 10.2 Å². The van der Waals surface area contributed by atoms with Crippen LogP contribution in [0.25, 0.3) is 0 Å². The Hall–Kier alpha value is -1.98. The van der Waals surface area contributed by atoms with E-state index in [1.165, 1.54) is 5.56 Å². The lowest BCUT2D eigenvalue weighted by molar-refractivity contribution is -0.135. The quantitative estimate of drug-likeness (QED) is 0.741. The molecule has 0 spiro atoms. The summed E-state index contributed by atoms with van der Waals surface area (Å²) in [5, 5.41) is 21.2. The number of aliphatic hydroxyl groups excluding tert-OH is 2. The topological polar surface area (TPSA) is 52.9 Å². The molecular weight excluding hydrogens is 374 g/mol. The van der Waals surface area contributed by atoms with Crippen LogP contribution in [0.15, 0.2) is 72.8 Å². The van der Waals surface area contributed by atoms with Crippen LogP contribution in [0.1, 0.15) is 44.0 Å². The smallest absolute Gasteiger partial charge is 0.121 e. The van der Waals surface area contributed by atoms with Crippen LogP contribution in [0.4, 0.5) is 0 Å². The van der Waals surface area contributed by atoms with Gasteiger partial charge in [0.2, 0.25) is 0 Å². The molecule has 0 amide bonds. The third kappa shape index (κ3) is 3.52. The minimum atomic E-state index is -0.841. The van der Waals surface area contributed by atoms with Crippen LogP contribution in [-0.4, -0.2) is 40.6 Å². The predicted octanol–water partition coefficient (Wildman–Crippen LogP) is 4.33. The van der Waals surface area contributed by atoms with Crippen molar-refractivity contribution in [2.45, 2.75) is 51.4 Å². The molecule has 1 unspecified atom stereocenters. The largest absolute Gasteiger partial charge is 0.390 e. The standard InChI is InChI=1S/C26H33NO3/c1-17(2)21-23(29)20(28)15-16-26(21,3)25-27(4)22(18-11-7-5-8-12-18)24(30-25)19-13-9-6-10-14-19/h5-17,20-25,28-29H,1-4H3/t20-,21-,22-,23+,24-,25?,26+/m1/s1. The van der Waals surface area contributed by atoms with Gasteiger partial charge in [0.1, 0.15) is 12.3 Å². The normalized spacial score (nSPS) is 37.0. The highest BCUT2D eigenvalue weighted by Crippen LogP contribution is 2.54. The number of ether oxygens (including phenoxy) is 1. The van der Waals surface area contributed by atoms with Gasteiger partial charge in [0.25, 0.3) is 0 Å². The average molecular weight is 408 g/mol. The summed E-state index contributed by atoms with van der Waals surface area (Å²) in [6.45, 7) is 6.37. The molecule has 1 aliphatic heterocycles. The van der Waals surface area contributed by atoms with Crippen LogP contribution in [0.2, 0.25) is 0 Å². The maximum atomic E-state index is 10.9. The number of hydrogen-bond acceptors (Lipinski definition) is 4. The van der Waals surface area contributed by atoms with Gasteiger partial charge in [-0.15, -0.1) is 0 Å². The Kier molecular flexibility index (Phi) is 5.86. The second-order valence-corrected chi connectivity index (χ2v) is 9.32. The first kappa shape index (κ1) is 21.3. The highest BCUT2D eigenvalue weighted by atomic mass is 16.5. The summed E-state index contributed by atoms with van der Waals surface area (Å²) < 4.78 is 6.82. The van der Waals surface area contributed by atoms with Gasteiger partial charge < -0.3 is 14.9 Å². The molecule has 2 aromatic rings. The Bertz CT molecular complexity index is 868. The van der Waals surface area contributed by atoms with Crippen molar-refractivity contribution in [3.05, 3.63) is 83.9 Å². The van der Waals surface area contributed by atoms with E-state index >= 15 is 0 Å². The van der Waals surface area contributed by atoms with Crippen molar-refractivity contribution >= 4 is 0 Å². The first-order valence-electron chi connectivity index (χ1n) is 10.9. The third-order valence-corrected chi connectivity index (χ3v) is 6.98. The van der Waals surface area contributed by atoms with Crippen molar-refractivity contribution < 1.29 is 14.9 Å². The minimum absolute atomic E-state index is 0.0561. The molecule has 2 aliphatic rings. The minimum Gasteiger partial charge on any atom is -0.390 e. The Morgan fingerprint density at radius 3 is 2.07 bits per heavy atom. The van der Waals surface area contributed by atoms with Crippen LogP contribution in [0, 0.1) is 17.3 Å². The zero-order chi connectivity index (χ0) is 21.5. The average Bonchev–Trinajstić information content (AvgIpc) is 3.10. The monoisotopic (exact) mass is 407 g/mol. The summed E-state index contributed by atoms with van der Waals surface area (Å²) in [6, 6.07) is 20.9. The van der Waals surface area contributed by atoms with Crippen molar-refractivity contribution in [3.8, 4) is 0 Å². The number of likely N-dealkylation sites (N-methyl/N-ethyl adjacent to an activating group) is 1. The van der Waals surface area contributed by atoms with Gasteiger partial charge in [0.05, 0.1) is 18.2 Å². The number of rotatable bonds is 4. The van der Waals surface area contributed by atoms with E-state index in [1.54, 1.807) is 6.08 Å². The van der Waals surface area contributed by atoms with Gasteiger partial charge in [-0.05, 0) is 24.1 Å². The van der Waals surface area contributed by atoms with Crippen LogP contribution in [0.3, 0.4) is 0 Å². The lowest BCUT2D eigenvalue weighted by atomic mass is 9.63. The van der Waals surface area contributed by atoms with E-state index in [4.69, 9.17) is 4.74 Å². The Labute approximate surface area is 179 Å². The third-order valence-electron chi connectivity index (χ3n) is 6.98. The van der Waals surface area contributed by atoms with Crippen LogP contribution < -0.4 is 0 Å². The number of benzene rings is 2. The van der Waals surface area contributed by atoms with Gasteiger partial charge in [-0.1, -0.05) is 93.6 Å². The lowest BCUT2D eigenvalue weighted by Crippen LogP contribution is -2.55. The summed E-state index contributed by atoms with van der Waals surface area (Å²) in [5.74, 6) is 0.0587. The maximum absolute atomic E-state index is 10.9. The maximum Gasteiger partial charge on any atom is 0.121 e. The molecule has 0 saturated carbocycles. The van der Waals surface area contributed by atoms with Gasteiger partial charge in [0, 0.05) is 11.3 Å². The van der Waals surface area contributed by atoms with Gasteiger partial charge >= 0.3 is 0 Å². The molecule has 2 aromatic carbocycles. The highest BCUT2D eigenvalue weighted by molar-refractivity contribution is 5.29.